The molecule has 1 saturated heterocycles. The Kier molecular flexibility index (Phi) is 5.64. The van der Waals surface area contributed by atoms with E-state index in [9.17, 15) is 18.0 Å². The lowest BCUT2D eigenvalue weighted by Gasteiger charge is -2.15. The van der Waals surface area contributed by atoms with Gasteiger partial charge in [0.15, 0.2) is 9.84 Å². The first-order valence-electron chi connectivity index (χ1n) is 7.34. The van der Waals surface area contributed by atoms with E-state index in [1.54, 1.807) is 4.90 Å². The summed E-state index contributed by atoms with van der Waals surface area (Å²) in [6.07, 6.45) is 3.20. The minimum absolute atomic E-state index is 0.0607. The molecule has 0 unspecified atom stereocenters. The summed E-state index contributed by atoms with van der Waals surface area (Å²) in [7, 11) is -3.49. The van der Waals surface area contributed by atoms with Crippen molar-refractivity contribution in [3.63, 3.8) is 0 Å². The molecule has 0 aromatic heterocycles. The van der Waals surface area contributed by atoms with Crippen molar-refractivity contribution in [3.05, 3.63) is 28.8 Å². The number of halogens is 1. The van der Waals surface area contributed by atoms with Crippen molar-refractivity contribution >= 4 is 33.3 Å². The average Bonchev–Trinajstić information content (AvgIpc) is 2.88. The fraction of sp³-hybridized carbons (Fsp3) is 0.467. The number of amides is 2. The van der Waals surface area contributed by atoms with Gasteiger partial charge in [-0.3, -0.25) is 9.59 Å². The van der Waals surface area contributed by atoms with Crippen LogP contribution >= 0.6 is 11.6 Å². The Morgan fingerprint density at radius 3 is 2.74 bits per heavy atom. The zero-order chi connectivity index (χ0) is 17.0. The molecule has 0 spiro atoms. The molecular formula is C15H19ClN2O4S. The van der Waals surface area contributed by atoms with Gasteiger partial charge in [-0.25, -0.2) is 8.42 Å². The lowest BCUT2D eigenvalue weighted by molar-refractivity contribution is -0.127. The van der Waals surface area contributed by atoms with Crippen molar-refractivity contribution in [2.24, 2.45) is 0 Å². The number of benzene rings is 1. The number of hydrogen-bond donors (Lipinski definition) is 1. The molecule has 0 radical (unpaired) electrons. The van der Waals surface area contributed by atoms with Crippen molar-refractivity contribution in [2.75, 3.05) is 25.9 Å². The van der Waals surface area contributed by atoms with Crippen molar-refractivity contribution < 1.29 is 18.0 Å². The minimum atomic E-state index is -3.49. The van der Waals surface area contributed by atoms with E-state index in [4.69, 9.17) is 11.6 Å². The third-order valence-corrected chi connectivity index (χ3v) is 5.23. The summed E-state index contributed by atoms with van der Waals surface area (Å²) >= 11 is 5.85. The monoisotopic (exact) mass is 358 g/mol. The fourth-order valence-electron chi connectivity index (χ4n) is 2.44. The first-order chi connectivity index (χ1) is 10.8. The summed E-state index contributed by atoms with van der Waals surface area (Å²) in [5, 5.41) is 2.82. The van der Waals surface area contributed by atoms with Crippen LogP contribution in [0.2, 0.25) is 5.02 Å². The molecule has 1 N–H and O–H groups in total. The summed E-state index contributed by atoms with van der Waals surface area (Å²) in [4.78, 5) is 25.2. The first kappa shape index (κ1) is 17.7. The molecule has 8 heteroatoms. The number of carbonyl (C=O) groups excluding carboxylic acids is 2. The van der Waals surface area contributed by atoms with Gasteiger partial charge in [0.05, 0.1) is 9.92 Å². The van der Waals surface area contributed by atoms with Crippen molar-refractivity contribution in [1.82, 2.24) is 10.2 Å². The third-order valence-electron chi connectivity index (χ3n) is 3.65. The van der Waals surface area contributed by atoms with Gasteiger partial charge >= 0.3 is 0 Å². The summed E-state index contributed by atoms with van der Waals surface area (Å²) in [6, 6.07) is 4.16. The zero-order valence-electron chi connectivity index (χ0n) is 12.8. The standard InChI is InChI=1S/C15H19ClN2O4S/c1-23(21,22)13-10-11(5-6-12(13)16)15(20)17-7-3-9-18-8-2-4-14(18)19/h5-6,10H,2-4,7-9H2,1H3,(H,17,20). The Morgan fingerprint density at radius 1 is 1.39 bits per heavy atom. The Balaban J connectivity index is 1.90. The SMILES string of the molecule is CS(=O)(=O)c1cc(C(=O)NCCCN2CCCC2=O)ccc1Cl. The molecule has 1 aromatic carbocycles. The van der Waals surface area contributed by atoms with Gasteiger partial charge in [0.1, 0.15) is 0 Å². The van der Waals surface area contributed by atoms with Gasteiger partial charge in [0, 0.05) is 37.9 Å². The second kappa shape index (κ2) is 7.31. The Bertz CT molecular complexity index is 718. The maximum Gasteiger partial charge on any atom is 0.251 e. The quantitative estimate of drug-likeness (QED) is 0.781. The largest absolute Gasteiger partial charge is 0.352 e. The van der Waals surface area contributed by atoms with E-state index in [1.807, 2.05) is 0 Å². The topological polar surface area (TPSA) is 83.6 Å². The lowest BCUT2D eigenvalue weighted by Crippen LogP contribution is -2.30. The van der Waals surface area contributed by atoms with Gasteiger partial charge in [-0.05, 0) is 31.0 Å². The average molecular weight is 359 g/mol. The molecule has 0 atom stereocenters. The van der Waals surface area contributed by atoms with Crippen LogP contribution in [-0.4, -0.2) is 51.0 Å². The van der Waals surface area contributed by atoms with Crippen LogP contribution in [0, 0.1) is 0 Å². The molecule has 126 valence electrons. The summed E-state index contributed by atoms with van der Waals surface area (Å²) in [5.41, 5.74) is 0.243. The number of nitrogens with one attached hydrogen (secondary N) is 1. The van der Waals surface area contributed by atoms with Gasteiger partial charge in [0.2, 0.25) is 5.91 Å². The van der Waals surface area contributed by atoms with E-state index in [0.29, 0.717) is 25.9 Å². The first-order valence-corrected chi connectivity index (χ1v) is 9.61. The molecule has 1 fully saturated rings. The smallest absolute Gasteiger partial charge is 0.251 e. The number of rotatable bonds is 6. The molecule has 6 nitrogen and oxygen atoms in total. The predicted octanol–water partition coefficient (Wildman–Crippen LogP) is 1.49. The van der Waals surface area contributed by atoms with Crippen LogP contribution in [0.5, 0.6) is 0 Å². The normalized spacial score (nSPS) is 15.0. The maximum atomic E-state index is 12.1. The highest BCUT2D eigenvalue weighted by Gasteiger charge is 2.19. The Hall–Kier alpha value is -1.60. The van der Waals surface area contributed by atoms with Gasteiger partial charge in [-0.1, -0.05) is 11.6 Å². The van der Waals surface area contributed by atoms with E-state index in [2.05, 4.69) is 5.32 Å². The third kappa shape index (κ3) is 4.68. The van der Waals surface area contributed by atoms with Crippen LogP contribution < -0.4 is 5.32 Å². The van der Waals surface area contributed by atoms with Crippen LogP contribution in [0.25, 0.3) is 0 Å². The van der Waals surface area contributed by atoms with E-state index in [0.717, 1.165) is 19.2 Å². The highest BCUT2D eigenvalue weighted by molar-refractivity contribution is 7.90. The van der Waals surface area contributed by atoms with Crippen LogP contribution in [-0.2, 0) is 14.6 Å². The molecule has 1 aliphatic heterocycles. The lowest BCUT2D eigenvalue weighted by atomic mass is 10.2. The molecule has 0 aliphatic carbocycles. The zero-order valence-corrected chi connectivity index (χ0v) is 14.4. The Labute approximate surface area is 140 Å². The molecule has 23 heavy (non-hydrogen) atoms. The molecule has 2 amide bonds. The van der Waals surface area contributed by atoms with E-state index in [-0.39, 0.29) is 27.3 Å². The molecule has 1 aromatic rings. The van der Waals surface area contributed by atoms with Gasteiger partial charge in [-0.15, -0.1) is 0 Å². The van der Waals surface area contributed by atoms with Crippen LogP contribution in [0.15, 0.2) is 23.1 Å². The second-order valence-corrected chi connectivity index (χ2v) is 7.90. The maximum absolute atomic E-state index is 12.1. The van der Waals surface area contributed by atoms with Crippen LogP contribution in [0.1, 0.15) is 29.6 Å². The predicted molar refractivity (Wildman–Crippen MR) is 87.3 cm³/mol. The summed E-state index contributed by atoms with van der Waals surface area (Å²) in [5.74, 6) is -0.203. The molecule has 0 bridgehead atoms. The number of sulfone groups is 1. The molecule has 1 aliphatic rings. The van der Waals surface area contributed by atoms with E-state index < -0.39 is 9.84 Å². The fourth-order valence-corrected chi connectivity index (χ4v) is 3.74. The van der Waals surface area contributed by atoms with Gasteiger partial charge < -0.3 is 10.2 Å². The van der Waals surface area contributed by atoms with E-state index >= 15 is 0 Å². The van der Waals surface area contributed by atoms with Gasteiger partial charge in [-0.2, -0.15) is 0 Å². The summed E-state index contributed by atoms with van der Waals surface area (Å²) < 4.78 is 23.2. The highest BCUT2D eigenvalue weighted by atomic mass is 35.5. The number of nitrogens with zero attached hydrogens (tertiary/aromatic N) is 1. The second-order valence-electron chi connectivity index (χ2n) is 5.51. The van der Waals surface area contributed by atoms with Crippen LogP contribution in [0.4, 0.5) is 0 Å². The van der Waals surface area contributed by atoms with Crippen molar-refractivity contribution in [2.45, 2.75) is 24.2 Å². The molecule has 0 saturated carbocycles. The number of likely N-dealkylation sites (tertiary alicyclic amines) is 1. The van der Waals surface area contributed by atoms with Crippen LogP contribution in [0.3, 0.4) is 0 Å². The van der Waals surface area contributed by atoms with Crippen molar-refractivity contribution in [3.8, 4) is 0 Å². The minimum Gasteiger partial charge on any atom is -0.352 e. The van der Waals surface area contributed by atoms with Crippen molar-refractivity contribution in [1.29, 1.82) is 0 Å². The number of hydrogen-bond acceptors (Lipinski definition) is 4. The highest BCUT2D eigenvalue weighted by Crippen LogP contribution is 2.22. The Morgan fingerprint density at radius 2 is 2.13 bits per heavy atom. The molecular weight excluding hydrogens is 340 g/mol. The number of carbonyl (C=O) groups is 2. The van der Waals surface area contributed by atoms with Gasteiger partial charge in [0.25, 0.3) is 5.91 Å². The summed E-state index contributed by atoms with van der Waals surface area (Å²) in [6.45, 7) is 1.81. The van der Waals surface area contributed by atoms with E-state index in [1.165, 1.54) is 18.2 Å². The molecule has 1 heterocycles. The molecule has 2 rings (SSSR count).